The Labute approximate surface area is 86.3 Å². The average Bonchev–Trinajstić information content (AvgIpc) is 2.76. The van der Waals surface area contributed by atoms with Crippen LogP contribution in [0.5, 0.6) is 0 Å². The number of nitrogens with two attached hydrogens (primary N) is 1. The van der Waals surface area contributed by atoms with Gasteiger partial charge in [0, 0.05) is 19.3 Å². The molecule has 7 nitrogen and oxygen atoms in total. The van der Waals surface area contributed by atoms with Gasteiger partial charge in [0.1, 0.15) is 0 Å². The second-order valence-electron chi connectivity index (χ2n) is 3.23. The van der Waals surface area contributed by atoms with Gasteiger partial charge in [-0.2, -0.15) is 5.10 Å². The van der Waals surface area contributed by atoms with Crippen LogP contribution in [-0.4, -0.2) is 20.0 Å². The smallest absolute Gasteiger partial charge is 0.321 e. The number of anilines is 2. The highest BCUT2D eigenvalue weighted by molar-refractivity contribution is 5.44. The van der Waals surface area contributed by atoms with Gasteiger partial charge in [0.2, 0.25) is 5.89 Å². The Balaban J connectivity index is 2.11. The summed E-state index contributed by atoms with van der Waals surface area (Å²) in [6.45, 7) is 1.78. The Morgan fingerprint density at radius 3 is 2.87 bits per heavy atom. The molecule has 3 N–H and O–H groups in total. The van der Waals surface area contributed by atoms with Gasteiger partial charge in [0.25, 0.3) is 0 Å². The largest absolute Gasteiger partial charge is 0.406 e. The van der Waals surface area contributed by atoms with Gasteiger partial charge in [0.05, 0.1) is 6.04 Å². The first-order valence-electron chi connectivity index (χ1n) is 4.51. The van der Waals surface area contributed by atoms with Gasteiger partial charge < -0.3 is 10.2 Å². The molecule has 1 atom stereocenters. The van der Waals surface area contributed by atoms with Crippen LogP contribution in [0.25, 0.3) is 0 Å². The summed E-state index contributed by atoms with van der Waals surface area (Å²) >= 11 is 0. The van der Waals surface area contributed by atoms with Crippen LogP contribution in [0.1, 0.15) is 18.9 Å². The molecule has 0 aliphatic rings. The number of rotatable bonds is 3. The lowest BCUT2D eigenvalue weighted by atomic mass is 10.4. The Bertz CT molecular complexity index is 445. The zero-order chi connectivity index (χ0) is 10.8. The molecule has 0 aliphatic carbocycles. The highest BCUT2D eigenvalue weighted by Gasteiger charge is 2.10. The summed E-state index contributed by atoms with van der Waals surface area (Å²) in [5.74, 6) is 1.05. The molecule has 7 heteroatoms. The van der Waals surface area contributed by atoms with E-state index >= 15 is 0 Å². The Morgan fingerprint density at radius 1 is 1.53 bits per heavy atom. The first-order chi connectivity index (χ1) is 7.15. The summed E-state index contributed by atoms with van der Waals surface area (Å²) in [5, 5.41) is 14.5. The van der Waals surface area contributed by atoms with Crippen molar-refractivity contribution in [1.29, 1.82) is 0 Å². The maximum absolute atomic E-state index is 5.58. The molecule has 0 aromatic carbocycles. The van der Waals surface area contributed by atoms with Crippen molar-refractivity contribution in [1.82, 2.24) is 20.0 Å². The maximum atomic E-state index is 5.58. The Kier molecular flexibility index (Phi) is 2.38. The topological polar surface area (TPSA) is 94.8 Å². The summed E-state index contributed by atoms with van der Waals surface area (Å²) in [6, 6.07) is 1.83. The molecular formula is C8H12N6O. The van der Waals surface area contributed by atoms with E-state index in [2.05, 4.69) is 20.6 Å². The van der Waals surface area contributed by atoms with Crippen LogP contribution in [0, 0.1) is 0 Å². The number of aryl methyl sites for hydroxylation is 1. The molecule has 0 radical (unpaired) electrons. The molecule has 0 amide bonds. The van der Waals surface area contributed by atoms with Crippen molar-refractivity contribution in [3.05, 3.63) is 18.2 Å². The van der Waals surface area contributed by atoms with Gasteiger partial charge >= 0.3 is 6.01 Å². The van der Waals surface area contributed by atoms with E-state index in [1.165, 1.54) is 0 Å². The first kappa shape index (κ1) is 9.66. The summed E-state index contributed by atoms with van der Waals surface area (Å²) in [7, 11) is 1.83. The van der Waals surface area contributed by atoms with Crippen LogP contribution in [0.4, 0.5) is 11.8 Å². The lowest BCUT2D eigenvalue weighted by Crippen LogP contribution is -2.04. The average molecular weight is 208 g/mol. The molecule has 0 aliphatic heterocycles. The third kappa shape index (κ3) is 2.13. The zero-order valence-electron chi connectivity index (χ0n) is 8.51. The van der Waals surface area contributed by atoms with E-state index < -0.39 is 0 Å². The van der Waals surface area contributed by atoms with Gasteiger partial charge in [0.15, 0.2) is 5.82 Å². The number of hydrogen-bond donors (Lipinski definition) is 2. The van der Waals surface area contributed by atoms with Crippen molar-refractivity contribution < 1.29 is 4.42 Å². The van der Waals surface area contributed by atoms with Crippen LogP contribution in [-0.2, 0) is 7.05 Å². The molecule has 1 unspecified atom stereocenters. The molecule has 0 bridgehead atoms. The lowest BCUT2D eigenvalue weighted by Gasteiger charge is -1.96. The van der Waals surface area contributed by atoms with Crippen LogP contribution < -0.4 is 11.1 Å². The standard InChI is InChI=1S/C8H12N6O/c1-5(9)7-11-12-8(15-7)10-6-3-4-14(2)13-6/h3-5H,9H2,1-2H3,(H,10,12,13). The fourth-order valence-electron chi connectivity index (χ4n) is 1.06. The van der Waals surface area contributed by atoms with Crippen LogP contribution in [0.15, 0.2) is 16.7 Å². The summed E-state index contributed by atoms with van der Waals surface area (Å²) in [4.78, 5) is 0. The van der Waals surface area contributed by atoms with Crippen molar-refractivity contribution >= 4 is 11.8 Å². The van der Waals surface area contributed by atoms with Gasteiger partial charge in [-0.25, -0.2) is 0 Å². The van der Waals surface area contributed by atoms with Crippen LogP contribution in [0.2, 0.25) is 0 Å². The number of aromatic nitrogens is 4. The minimum atomic E-state index is -0.267. The molecule has 15 heavy (non-hydrogen) atoms. The molecule has 2 rings (SSSR count). The molecule has 80 valence electrons. The Morgan fingerprint density at radius 2 is 2.33 bits per heavy atom. The van der Waals surface area contributed by atoms with Gasteiger partial charge in [-0.1, -0.05) is 5.10 Å². The van der Waals surface area contributed by atoms with E-state index in [0.717, 1.165) is 0 Å². The monoisotopic (exact) mass is 208 g/mol. The summed E-state index contributed by atoms with van der Waals surface area (Å²) in [5.41, 5.74) is 5.58. The fraction of sp³-hybridized carbons (Fsp3) is 0.375. The quantitative estimate of drug-likeness (QED) is 0.765. The van der Waals surface area contributed by atoms with E-state index in [1.54, 1.807) is 17.7 Å². The van der Waals surface area contributed by atoms with Crippen molar-refractivity contribution in [2.45, 2.75) is 13.0 Å². The Hall–Kier alpha value is -1.89. The predicted molar refractivity (Wildman–Crippen MR) is 53.4 cm³/mol. The fourth-order valence-corrected chi connectivity index (χ4v) is 1.06. The van der Waals surface area contributed by atoms with E-state index in [4.69, 9.17) is 10.2 Å². The van der Waals surface area contributed by atoms with E-state index in [0.29, 0.717) is 17.7 Å². The third-order valence-corrected chi connectivity index (χ3v) is 1.78. The third-order valence-electron chi connectivity index (χ3n) is 1.78. The zero-order valence-corrected chi connectivity index (χ0v) is 8.51. The summed E-state index contributed by atoms with van der Waals surface area (Å²) < 4.78 is 6.92. The van der Waals surface area contributed by atoms with Crippen LogP contribution >= 0.6 is 0 Å². The SMILES string of the molecule is CC(N)c1nnc(Nc2ccn(C)n2)o1. The van der Waals surface area contributed by atoms with E-state index in [1.807, 2.05) is 13.2 Å². The first-order valence-corrected chi connectivity index (χ1v) is 4.51. The highest BCUT2D eigenvalue weighted by Crippen LogP contribution is 2.15. The molecule has 2 aromatic rings. The number of nitrogens with zero attached hydrogens (tertiary/aromatic N) is 4. The summed E-state index contributed by atoms with van der Waals surface area (Å²) in [6.07, 6.45) is 1.81. The lowest BCUT2D eigenvalue weighted by molar-refractivity contribution is 0.475. The number of hydrogen-bond acceptors (Lipinski definition) is 6. The molecule has 2 heterocycles. The normalized spacial score (nSPS) is 12.7. The van der Waals surface area contributed by atoms with Gasteiger partial charge in [-0.15, -0.1) is 5.10 Å². The van der Waals surface area contributed by atoms with Crippen LogP contribution in [0.3, 0.4) is 0 Å². The molecule has 2 aromatic heterocycles. The second-order valence-corrected chi connectivity index (χ2v) is 3.23. The maximum Gasteiger partial charge on any atom is 0.321 e. The molecule has 0 saturated carbocycles. The predicted octanol–water partition coefficient (Wildman–Crippen LogP) is 0.566. The van der Waals surface area contributed by atoms with Gasteiger partial charge in [-0.3, -0.25) is 10.00 Å². The highest BCUT2D eigenvalue weighted by atomic mass is 16.4. The minimum Gasteiger partial charge on any atom is -0.406 e. The van der Waals surface area contributed by atoms with Crippen molar-refractivity contribution in [2.24, 2.45) is 12.8 Å². The molecule has 0 fully saturated rings. The van der Waals surface area contributed by atoms with Gasteiger partial charge in [-0.05, 0) is 6.92 Å². The van der Waals surface area contributed by atoms with Crippen molar-refractivity contribution in [2.75, 3.05) is 5.32 Å². The van der Waals surface area contributed by atoms with Crippen molar-refractivity contribution in [3.63, 3.8) is 0 Å². The molecule has 0 saturated heterocycles. The van der Waals surface area contributed by atoms with Crippen molar-refractivity contribution in [3.8, 4) is 0 Å². The minimum absolute atomic E-state index is 0.267. The molecular weight excluding hydrogens is 196 g/mol. The molecule has 0 spiro atoms. The second kappa shape index (κ2) is 3.70. The van der Waals surface area contributed by atoms with E-state index in [9.17, 15) is 0 Å². The van der Waals surface area contributed by atoms with E-state index in [-0.39, 0.29) is 6.04 Å². The number of nitrogens with one attached hydrogen (secondary N) is 1.